The maximum Gasteiger partial charge on any atom is 0.332 e. The zero-order valence-corrected chi connectivity index (χ0v) is 9.76. The van der Waals surface area contributed by atoms with Crippen molar-refractivity contribution in [1.29, 1.82) is 0 Å². The van der Waals surface area contributed by atoms with E-state index >= 15 is 0 Å². The highest BCUT2D eigenvalue weighted by molar-refractivity contribution is 5.81. The second-order valence-corrected chi connectivity index (χ2v) is 5.90. The number of esters is 1. The fraction of sp³-hybridized carbons (Fsp3) is 0.769. The number of carbonyl (C=O) groups is 1. The zero-order chi connectivity index (χ0) is 12.3. The minimum atomic E-state index is -1.70. The third-order valence-corrected chi connectivity index (χ3v) is 4.80. The van der Waals surface area contributed by atoms with Gasteiger partial charge in [0.15, 0.2) is 0 Å². The molecule has 3 unspecified atom stereocenters. The Bertz CT molecular complexity index is 364. The molecular weight excluding hydrogens is 220 g/mol. The van der Waals surface area contributed by atoms with Crippen LogP contribution in [-0.4, -0.2) is 27.6 Å². The van der Waals surface area contributed by atoms with Crippen molar-refractivity contribution in [3.05, 3.63) is 12.7 Å². The van der Waals surface area contributed by atoms with Crippen LogP contribution in [0.3, 0.4) is 0 Å². The molecule has 4 bridgehead atoms. The molecule has 0 heterocycles. The predicted molar refractivity (Wildman–Crippen MR) is 59.7 cm³/mol. The third kappa shape index (κ3) is 1.40. The van der Waals surface area contributed by atoms with E-state index in [2.05, 4.69) is 6.58 Å². The third-order valence-electron chi connectivity index (χ3n) is 4.80. The van der Waals surface area contributed by atoms with Crippen molar-refractivity contribution in [3.8, 4) is 0 Å². The fourth-order valence-electron chi connectivity index (χ4n) is 4.30. The molecule has 4 aliphatic rings. The van der Waals surface area contributed by atoms with Crippen molar-refractivity contribution in [2.24, 2.45) is 17.8 Å². The van der Waals surface area contributed by atoms with Gasteiger partial charge in [0.2, 0.25) is 5.79 Å². The molecule has 4 fully saturated rings. The van der Waals surface area contributed by atoms with Gasteiger partial charge in [-0.25, -0.2) is 4.79 Å². The summed E-state index contributed by atoms with van der Waals surface area (Å²) in [5, 5.41) is 21.2. The van der Waals surface area contributed by atoms with Gasteiger partial charge in [0.25, 0.3) is 0 Å². The summed E-state index contributed by atoms with van der Waals surface area (Å²) in [6, 6.07) is 0. The lowest BCUT2D eigenvalue weighted by molar-refractivity contribution is -0.359. The summed E-state index contributed by atoms with van der Waals surface area (Å²) in [5.41, 5.74) is -1.25. The van der Waals surface area contributed by atoms with Gasteiger partial charge >= 0.3 is 5.97 Å². The maximum atomic E-state index is 11.3. The van der Waals surface area contributed by atoms with Crippen molar-refractivity contribution in [3.63, 3.8) is 0 Å². The number of aliphatic hydroxyl groups is 2. The normalized spacial score (nSPS) is 51.3. The monoisotopic (exact) mass is 238 g/mol. The zero-order valence-electron chi connectivity index (χ0n) is 9.76. The molecule has 4 aliphatic carbocycles. The van der Waals surface area contributed by atoms with Crippen molar-refractivity contribution < 1.29 is 19.7 Å². The van der Waals surface area contributed by atoms with Crippen LogP contribution in [0.2, 0.25) is 0 Å². The Kier molecular flexibility index (Phi) is 2.20. The Labute approximate surface area is 100 Å². The lowest BCUT2D eigenvalue weighted by Crippen LogP contribution is -2.70. The summed E-state index contributed by atoms with van der Waals surface area (Å²) in [5.74, 6) is -1.54. The molecule has 0 aromatic rings. The van der Waals surface area contributed by atoms with Crippen LogP contribution in [0.1, 0.15) is 32.1 Å². The molecule has 4 saturated carbocycles. The van der Waals surface area contributed by atoms with Crippen molar-refractivity contribution in [1.82, 2.24) is 0 Å². The molecule has 4 rings (SSSR count). The SMILES string of the molecule is C=CC(=O)OC1(O)C2CC3CC(C2)CC1(O)C3. The van der Waals surface area contributed by atoms with Crippen LogP contribution in [0.4, 0.5) is 0 Å². The minimum Gasteiger partial charge on any atom is -0.427 e. The lowest BCUT2D eigenvalue weighted by Gasteiger charge is -2.61. The Balaban J connectivity index is 1.93. The molecule has 94 valence electrons. The molecular formula is C13H18O4. The van der Waals surface area contributed by atoms with Crippen LogP contribution in [-0.2, 0) is 9.53 Å². The second-order valence-electron chi connectivity index (χ2n) is 5.90. The van der Waals surface area contributed by atoms with Gasteiger partial charge in [0.1, 0.15) is 5.60 Å². The lowest BCUT2D eigenvalue weighted by atomic mass is 9.51. The number of carbonyl (C=O) groups excluding carboxylic acids is 1. The van der Waals surface area contributed by atoms with E-state index in [0.29, 0.717) is 24.7 Å². The molecule has 0 saturated heterocycles. The first-order valence-corrected chi connectivity index (χ1v) is 6.27. The first kappa shape index (κ1) is 11.2. The number of hydrogen-bond acceptors (Lipinski definition) is 4. The summed E-state index contributed by atoms with van der Waals surface area (Å²) in [6.07, 6.45) is 4.96. The van der Waals surface area contributed by atoms with Crippen LogP contribution in [0.15, 0.2) is 12.7 Å². The van der Waals surface area contributed by atoms with Crippen molar-refractivity contribution in [2.75, 3.05) is 0 Å². The Morgan fingerprint density at radius 1 is 1.24 bits per heavy atom. The number of hydrogen-bond donors (Lipinski definition) is 2. The van der Waals surface area contributed by atoms with Gasteiger partial charge in [0.05, 0.1) is 0 Å². The van der Waals surface area contributed by atoms with Crippen molar-refractivity contribution >= 4 is 5.97 Å². The average molecular weight is 238 g/mol. The summed E-state index contributed by atoms with van der Waals surface area (Å²) in [4.78, 5) is 11.3. The summed E-state index contributed by atoms with van der Waals surface area (Å²) >= 11 is 0. The Morgan fingerprint density at radius 2 is 1.82 bits per heavy atom. The second kappa shape index (κ2) is 3.33. The fourth-order valence-corrected chi connectivity index (χ4v) is 4.30. The largest absolute Gasteiger partial charge is 0.427 e. The van der Waals surface area contributed by atoms with Gasteiger partial charge < -0.3 is 14.9 Å². The van der Waals surface area contributed by atoms with Gasteiger partial charge in [-0.1, -0.05) is 6.58 Å². The standard InChI is InChI=1S/C13H18O4/c1-2-11(14)17-13(16)10-4-8-3-9(5-10)7-12(13,15)6-8/h2,8-10,15-16H,1,3-7H2. The first-order valence-electron chi connectivity index (χ1n) is 6.27. The van der Waals surface area contributed by atoms with Gasteiger partial charge in [-0.05, 0) is 43.9 Å². The van der Waals surface area contributed by atoms with E-state index < -0.39 is 17.4 Å². The minimum absolute atomic E-state index is 0.123. The van der Waals surface area contributed by atoms with Crippen LogP contribution < -0.4 is 0 Å². The van der Waals surface area contributed by atoms with E-state index in [4.69, 9.17) is 4.74 Å². The van der Waals surface area contributed by atoms with E-state index in [0.717, 1.165) is 25.3 Å². The Morgan fingerprint density at radius 3 is 2.29 bits per heavy atom. The van der Waals surface area contributed by atoms with Crippen LogP contribution in [0.5, 0.6) is 0 Å². The smallest absolute Gasteiger partial charge is 0.332 e. The highest BCUT2D eigenvalue weighted by Gasteiger charge is 2.67. The molecule has 4 heteroatoms. The van der Waals surface area contributed by atoms with Crippen LogP contribution in [0, 0.1) is 17.8 Å². The van der Waals surface area contributed by atoms with Crippen molar-refractivity contribution in [2.45, 2.75) is 43.5 Å². The topological polar surface area (TPSA) is 66.8 Å². The molecule has 17 heavy (non-hydrogen) atoms. The van der Waals surface area contributed by atoms with Crippen LogP contribution >= 0.6 is 0 Å². The molecule has 0 amide bonds. The molecule has 0 aromatic carbocycles. The maximum absolute atomic E-state index is 11.3. The Hall–Kier alpha value is -0.870. The summed E-state index contributed by atoms with van der Waals surface area (Å²) < 4.78 is 5.12. The first-order chi connectivity index (χ1) is 7.97. The predicted octanol–water partition coefficient (Wildman–Crippen LogP) is 0.975. The summed E-state index contributed by atoms with van der Waals surface area (Å²) in [6.45, 7) is 3.33. The van der Waals surface area contributed by atoms with Gasteiger partial charge in [-0.2, -0.15) is 0 Å². The van der Waals surface area contributed by atoms with E-state index in [1.165, 1.54) is 0 Å². The van der Waals surface area contributed by atoms with E-state index in [9.17, 15) is 15.0 Å². The molecule has 0 spiro atoms. The molecule has 0 aromatic heterocycles. The van der Waals surface area contributed by atoms with E-state index in [-0.39, 0.29) is 5.92 Å². The molecule has 0 radical (unpaired) electrons. The number of rotatable bonds is 2. The van der Waals surface area contributed by atoms with Gasteiger partial charge in [-0.15, -0.1) is 0 Å². The van der Waals surface area contributed by atoms with Gasteiger partial charge in [-0.3, -0.25) is 0 Å². The summed E-state index contributed by atoms with van der Waals surface area (Å²) in [7, 11) is 0. The van der Waals surface area contributed by atoms with Gasteiger partial charge in [0, 0.05) is 12.0 Å². The molecule has 0 aliphatic heterocycles. The average Bonchev–Trinajstić information content (AvgIpc) is 2.25. The highest BCUT2D eigenvalue weighted by Crippen LogP contribution is 2.60. The molecule has 2 N–H and O–H groups in total. The van der Waals surface area contributed by atoms with E-state index in [1.807, 2.05) is 0 Å². The molecule has 4 nitrogen and oxygen atoms in total. The van der Waals surface area contributed by atoms with Crippen LogP contribution in [0.25, 0.3) is 0 Å². The molecule has 3 atom stereocenters. The quantitative estimate of drug-likeness (QED) is 0.427. The number of ether oxygens (including phenoxy) is 1. The highest BCUT2D eigenvalue weighted by atomic mass is 16.7. The van der Waals surface area contributed by atoms with E-state index in [1.54, 1.807) is 0 Å².